The molecule has 8 nitrogen and oxygen atoms in total. The van der Waals surface area contributed by atoms with Crippen molar-refractivity contribution < 1.29 is 26.7 Å². The molecular weight excluding hydrogens is 308 g/mol. The van der Waals surface area contributed by atoms with E-state index in [1.165, 1.54) is 0 Å². The number of carboxylic acids is 1. The maximum Gasteiger partial charge on any atom is 0.318 e. The van der Waals surface area contributed by atoms with Crippen LogP contribution < -0.4 is 4.72 Å². The lowest BCUT2D eigenvalue weighted by Gasteiger charge is -2.26. The van der Waals surface area contributed by atoms with Gasteiger partial charge >= 0.3 is 5.97 Å². The molecule has 1 unspecified atom stereocenters. The third-order valence-corrected chi connectivity index (χ3v) is 6.22. The SMILES string of the molecule is CC(C)CNS(=O)(=O)N(CC(=O)O)C1CCS(=O)(=O)C1. The van der Waals surface area contributed by atoms with Gasteiger partial charge in [0.15, 0.2) is 9.84 Å². The number of sulfone groups is 1. The zero-order chi connectivity index (χ0) is 15.6. The lowest BCUT2D eigenvalue weighted by atomic mass is 10.2. The minimum atomic E-state index is -4.01. The third-order valence-electron chi connectivity index (χ3n) is 2.89. The second kappa shape index (κ2) is 6.37. The molecule has 0 aromatic heterocycles. The molecule has 1 aliphatic rings. The van der Waals surface area contributed by atoms with E-state index in [0.717, 1.165) is 4.31 Å². The first-order valence-corrected chi connectivity index (χ1v) is 9.48. The number of nitrogens with zero attached hydrogens (tertiary/aromatic N) is 1. The Balaban J connectivity index is 2.92. The van der Waals surface area contributed by atoms with Gasteiger partial charge in [-0.3, -0.25) is 4.79 Å². The molecule has 0 aromatic carbocycles. The van der Waals surface area contributed by atoms with E-state index in [1.54, 1.807) is 0 Å². The third kappa shape index (κ3) is 5.00. The van der Waals surface area contributed by atoms with Crippen LogP contribution in [-0.2, 0) is 24.8 Å². The van der Waals surface area contributed by atoms with E-state index in [-0.39, 0.29) is 30.4 Å². The van der Waals surface area contributed by atoms with Gasteiger partial charge in [-0.05, 0) is 12.3 Å². The predicted molar refractivity (Wildman–Crippen MR) is 73.2 cm³/mol. The van der Waals surface area contributed by atoms with Gasteiger partial charge in [-0.1, -0.05) is 13.8 Å². The Morgan fingerprint density at radius 3 is 2.45 bits per heavy atom. The Hall–Kier alpha value is -0.710. The van der Waals surface area contributed by atoms with Crippen molar-refractivity contribution in [1.29, 1.82) is 0 Å². The van der Waals surface area contributed by atoms with Gasteiger partial charge in [0.2, 0.25) is 0 Å². The highest BCUT2D eigenvalue weighted by atomic mass is 32.2. The van der Waals surface area contributed by atoms with Crippen molar-refractivity contribution in [2.45, 2.75) is 26.3 Å². The van der Waals surface area contributed by atoms with Crippen LogP contribution in [0.4, 0.5) is 0 Å². The predicted octanol–water partition coefficient (Wildman–Crippen LogP) is -0.949. The van der Waals surface area contributed by atoms with Gasteiger partial charge in [0.05, 0.1) is 11.5 Å². The van der Waals surface area contributed by atoms with Crippen LogP contribution in [0.5, 0.6) is 0 Å². The van der Waals surface area contributed by atoms with Crippen LogP contribution in [0.15, 0.2) is 0 Å². The number of carboxylic acid groups (broad SMARTS) is 1. The van der Waals surface area contributed by atoms with Crippen molar-refractivity contribution in [3.05, 3.63) is 0 Å². The molecule has 2 N–H and O–H groups in total. The highest BCUT2D eigenvalue weighted by Crippen LogP contribution is 2.20. The summed E-state index contributed by atoms with van der Waals surface area (Å²) in [5.74, 6) is -1.70. The quantitative estimate of drug-likeness (QED) is 0.621. The summed E-state index contributed by atoms with van der Waals surface area (Å²) in [6.07, 6.45) is 0.123. The van der Waals surface area contributed by atoms with Gasteiger partial charge in [-0.15, -0.1) is 0 Å². The largest absolute Gasteiger partial charge is 0.480 e. The summed E-state index contributed by atoms with van der Waals surface area (Å²) >= 11 is 0. The standard InChI is InChI=1S/C10H20N2O6S2/c1-8(2)5-11-20(17,18)12(6-10(13)14)9-3-4-19(15,16)7-9/h8-9,11H,3-7H2,1-2H3,(H,13,14). The van der Waals surface area contributed by atoms with Crippen molar-refractivity contribution in [2.75, 3.05) is 24.6 Å². The molecule has 1 saturated heterocycles. The zero-order valence-electron chi connectivity index (χ0n) is 11.4. The average molecular weight is 328 g/mol. The minimum absolute atomic E-state index is 0.0590. The maximum absolute atomic E-state index is 12.1. The van der Waals surface area contributed by atoms with Crippen LogP contribution in [0.3, 0.4) is 0 Å². The van der Waals surface area contributed by atoms with Crippen molar-refractivity contribution in [1.82, 2.24) is 9.03 Å². The van der Waals surface area contributed by atoms with E-state index < -0.39 is 38.6 Å². The Labute approximate surface area is 119 Å². The van der Waals surface area contributed by atoms with Gasteiger partial charge in [-0.2, -0.15) is 12.7 Å². The molecular formula is C10H20N2O6S2. The second-order valence-corrected chi connectivity index (χ2v) is 9.18. The van der Waals surface area contributed by atoms with E-state index >= 15 is 0 Å². The van der Waals surface area contributed by atoms with Crippen molar-refractivity contribution in [3.63, 3.8) is 0 Å². The fourth-order valence-electron chi connectivity index (χ4n) is 1.90. The van der Waals surface area contributed by atoms with Crippen LogP contribution in [-0.4, -0.2) is 62.9 Å². The molecule has 118 valence electrons. The molecule has 0 aliphatic carbocycles. The summed E-state index contributed by atoms with van der Waals surface area (Å²) in [5.41, 5.74) is 0. The van der Waals surface area contributed by atoms with E-state index in [0.29, 0.717) is 0 Å². The van der Waals surface area contributed by atoms with Crippen molar-refractivity contribution in [3.8, 4) is 0 Å². The van der Waals surface area contributed by atoms with Crippen molar-refractivity contribution in [2.24, 2.45) is 5.92 Å². The van der Waals surface area contributed by atoms with Gasteiger partial charge in [-0.25, -0.2) is 13.1 Å². The number of rotatable bonds is 7. The molecule has 0 aromatic rings. The topological polar surface area (TPSA) is 121 Å². The Kier molecular flexibility index (Phi) is 5.53. The molecule has 1 fully saturated rings. The van der Waals surface area contributed by atoms with Gasteiger partial charge < -0.3 is 5.11 Å². The Bertz CT molecular complexity index is 554. The number of carbonyl (C=O) groups is 1. The molecule has 1 aliphatic heterocycles. The van der Waals surface area contributed by atoms with Crippen molar-refractivity contribution >= 4 is 26.0 Å². The lowest BCUT2D eigenvalue weighted by Crippen LogP contribution is -2.50. The van der Waals surface area contributed by atoms with Gasteiger partial charge in [0.25, 0.3) is 10.2 Å². The van der Waals surface area contributed by atoms with Crippen LogP contribution in [0.25, 0.3) is 0 Å². The summed E-state index contributed by atoms with van der Waals surface area (Å²) in [5, 5.41) is 8.83. The number of aliphatic carboxylic acids is 1. The average Bonchev–Trinajstić information content (AvgIpc) is 2.63. The summed E-state index contributed by atoms with van der Waals surface area (Å²) in [6.45, 7) is 3.04. The highest BCUT2D eigenvalue weighted by molar-refractivity contribution is 7.91. The van der Waals surface area contributed by atoms with E-state index in [1.807, 2.05) is 13.8 Å². The van der Waals surface area contributed by atoms with E-state index in [9.17, 15) is 21.6 Å². The number of hydrogen-bond donors (Lipinski definition) is 2. The summed E-state index contributed by atoms with van der Waals surface area (Å²) < 4.78 is 50.2. The van der Waals surface area contributed by atoms with Gasteiger partial charge in [0, 0.05) is 12.6 Å². The number of nitrogens with one attached hydrogen (secondary N) is 1. The van der Waals surface area contributed by atoms with Crippen LogP contribution in [0, 0.1) is 5.92 Å². The normalized spacial score (nSPS) is 22.5. The molecule has 1 atom stereocenters. The maximum atomic E-state index is 12.1. The first-order chi connectivity index (χ1) is 9.03. The Morgan fingerprint density at radius 2 is 2.05 bits per heavy atom. The summed E-state index contributed by atoms with van der Waals surface area (Å²) in [4.78, 5) is 10.8. The second-order valence-electron chi connectivity index (χ2n) is 5.24. The summed E-state index contributed by atoms with van der Waals surface area (Å²) in [7, 11) is -7.30. The molecule has 0 radical (unpaired) electrons. The molecule has 0 bridgehead atoms. The van der Waals surface area contributed by atoms with Crippen LogP contribution in [0.2, 0.25) is 0 Å². The first kappa shape index (κ1) is 17.3. The van der Waals surface area contributed by atoms with E-state index in [2.05, 4.69) is 4.72 Å². The fourth-order valence-corrected chi connectivity index (χ4v) is 5.29. The molecule has 1 heterocycles. The molecule has 0 saturated carbocycles. The molecule has 20 heavy (non-hydrogen) atoms. The monoisotopic (exact) mass is 328 g/mol. The van der Waals surface area contributed by atoms with Crippen LogP contribution in [0.1, 0.15) is 20.3 Å². The Morgan fingerprint density at radius 1 is 1.45 bits per heavy atom. The molecule has 10 heteroatoms. The molecule has 0 amide bonds. The zero-order valence-corrected chi connectivity index (χ0v) is 13.1. The molecule has 0 spiro atoms. The number of hydrogen-bond acceptors (Lipinski definition) is 5. The first-order valence-electron chi connectivity index (χ1n) is 6.22. The van der Waals surface area contributed by atoms with Gasteiger partial charge in [0.1, 0.15) is 6.54 Å². The van der Waals surface area contributed by atoms with Crippen LogP contribution >= 0.6 is 0 Å². The van der Waals surface area contributed by atoms with E-state index in [4.69, 9.17) is 5.11 Å². The molecule has 1 rings (SSSR count). The highest BCUT2D eigenvalue weighted by Gasteiger charge is 2.39. The minimum Gasteiger partial charge on any atom is -0.480 e. The lowest BCUT2D eigenvalue weighted by molar-refractivity contribution is -0.137. The smallest absolute Gasteiger partial charge is 0.318 e. The fraction of sp³-hybridized carbons (Fsp3) is 0.900. The summed E-state index contributed by atoms with van der Waals surface area (Å²) in [6, 6.07) is -0.819.